The molecule has 8 heteroatoms. The zero-order chi connectivity index (χ0) is 14.6. The predicted molar refractivity (Wildman–Crippen MR) is 63.1 cm³/mol. The molecule has 0 saturated heterocycles. The summed E-state index contributed by atoms with van der Waals surface area (Å²) in [6.07, 6.45) is -4.66. The average molecular weight is 301 g/mol. The summed E-state index contributed by atoms with van der Waals surface area (Å²) in [5, 5.41) is 10.2. The van der Waals surface area contributed by atoms with Gasteiger partial charge in [-0.2, -0.15) is 8.78 Å². The molecule has 0 bridgehead atoms. The zero-order valence-electron chi connectivity index (χ0n) is 10.5. The molecule has 110 valence electrons. The minimum Gasteiger partial charge on any atom is -0.390 e. The highest BCUT2D eigenvalue weighted by Crippen LogP contribution is 2.23. The van der Waals surface area contributed by atoms with Crippen LogP contribution in [0.3, 0.4) is 0 Å². The van der Waals surface area contributed by atoms with Crippen molar-refractivity contribution >= 4 is 11.3 Å². The number of hydrogen-bond acceptors (Lipinski definition) is 4. The van der Waals surface area contributed by atoms with E-state index in [0.29, 0.717) is 5.01 Å². The molecule has 0 aliphatic carbocycles. The van der Waals surface area contributed by atoms with Crippen LogP contribution in [0.25, 0.3) is 0 Å². The number of hydrogen-bond donors (Lipinski definition) is 1. The number of alkyl halides is 4. The molecule has 19 heavy (non-hydrogen) atoms. The van der Waals surface area contributed by atoms with E-state index in [1.807, 2.05) is 13.8 Å². The first-order valence-electron chi connectivity index (χ1n) is 5.57. The lowest BCUT2D eigenvalue weighted by Gasteiger charge is -2.16. The van der Waals surface area contributed by atoms with Crippen molar-refractivity contribution in [2.24, 2.45) is 0 Å². The minimum absolute atomic E-state index is 0.152. The summed E-state index contributed by atoms with van der Waals surface area (Å²) < 4.78 is 53.1. The number of aliphatic hydroxyl groups is 1. The highest BCUT2D eigenvalue weighted by atomic mass is 32.1. The van der Waals surface area contributed by atoms with Crippen molar-refractivity contribution in [3.8, 4) is 0 Å². The van der Waals surface area contributed by atoms with E-state index in [-0.39, 0.29) is 6.42 Å². The van der Waals surface area contributed by atoms with Gasteiger partial charge in [0, 0.05) is 11.3 Å². The highest BCUT2D eigenvalue weighted by Gasteiger charge is 2.41. The van der Waals surface area contributed by atoms with Gasteiger partial charge in [-0.05, 0) is 13.8 Å². The number of halogens is 4. The van der Waals surface area contributed by atoms with Gasteiger partial charge in [0.2, 0.25) is 0 Å². The predicted octanol–water partition coefficient (Wildman–Crippen LogP) is 2.58. The van der Waals surface area contributed by atoms with E-state index in [0.717, 1.165) is 10.6 Å². The van der Waals surface area contributed by atoms with Crippen molar-refractivity contribution in [3.05, 3.63) is 15.6 Å². The van der Waals surface area contributed by atoms with Gasteiger partial charge in [0.1, 0.15) is 6.61 Å². The van der Waals surface area contributed by atoms with Crippen LogP contribution in [0.2, 0.25) is 0 Å². The number of ether oxygens (including phenoxy) is 1. The van der Waals surface area contributed by atoms with Gasteiger partial charge >= 0.3 is 12.3 Å². The molecule has 0 saturated carbocycles. The lowest BCUT2D eigenvalue weighted by atomic mass is 10.3. The van der Waals surface area contributed by atoms with E-state index < -0.39 is 31.7 Å². The summed E-state index contributed by atoms with van der Waals surface area (Å²) in [6, 6.07) is 0. The molecule has 1 N–H and O–H groups in total. The molecular formula is C11H15F4NO2S. The Morgan fingerprint density at radius 2 is 2.00 bits per heavy atom. The molecule has 0 aliphatic rings. The van der Waals surface area contributed by atoms with Crippen molar-refractivity contribution in [1.29, 1.82) is 0 Å². The van der Waals surface area contributed by atoms with E-state index in [2.05, 4.69) is 9.72 Å². The Morgan fingerprint density at radius 3 is 2.47 bits per heavy atom. The first-order valence-corrected chi connectivity index (χ1v) is 6.38. The van der Waals surface area contributed by atoms with Crippen molar-refractivity contribution < 1.29 is 27.4 Å². The van der Waals surface area contributed by atoms with Crippen LogP contribution in [0, 0.1) is 13.8 Å². The largest absolute Gasteiger partial charge is 0.390 e. The third-order valence-corrected chi connectivity index (χ3v) is 3.50. The van der Waals surface area contributed by atoms with Crippen LogP contribution in [0.1, 0.15) is 15.6 Å². The van der Waals surface area contributed by atoms with Gasteiger partial charge in [0.15, 0.2) is 0 Å². The fourth-order valence-electron chi connectivity index (χ4n) is 1.28. The van der Waals surface area contributed by atoms with Gasteiger partial charge in [-0.1, -0.05) is 0 Å². The van der Waals surface area contributed by atoms with E-state index in [1.165, 1.54) is 11.3 Å². The highest BCUT2D eigenvalue weighted by molar-refractivity contribution is 7.11. The molecule has 1 unspecified atom stereocenters. The Morgan fingerprint density at radius 1 is 1.37 bits per heavy atom. The molecule has 0 aliphatic heterocycles. The summed E-state index contributed by atoms with van der Waals surface area (Å²) in [5.74, 6) is -4.19. The second kappa shape index (κ2) is 6.62. The quantitative estimate of drug-likeness (QED) is 0.787. The third-order valence-electron chi connectivity index (χ3n) is 2.41. The second-order valence-electron chi connectivity index (χ2n) is 4.18. The van der Waals surface area contributed by atoms with Gasteiger partial charge in [-0.15, -0.1) is 11.3 Å². The van der Waals surface area contributed by atoms with Crippen LogP contribution < -0.4 is 0 Å². The fraction of sp³-hybridized carbons (Fsp3) is 0.727. The smallest absolute Gasteiger partial charge is 0.330 e. The van der Waals surface area contributed by atoms with Crippen LogP contribution in [0.15, 0.2) is 0 Å². The van der Waals surface area contributed by atoms with Gasteiger partial charge in [-0.3, -0.25) is 0 Å². The SMILES string of the molecule is Cc1nc(CC(O)COCC(F)(F)C(F)F)sc1C. The molecule has 1 aromatic rings. The number of aliphatic hydroxyl groups excluding tert-OH is 1. The van der Waals surface area contributed by atoms with E-state index >= 15 is 0 Å². The van der Waals surface area contributed by atoms with Crippen LogP contribution >= 0.6 is 11.3 Å². The lowest BCUT2D eigenvalue weighted by molar-refractivity contribution is -0.170. The van der Waals surface area contributed by atoms with Crippen molar-refractivity contribution in [3.63, 3.8) is 0 Å². The summed E-state index contributed by atoms with van der Waals surface area (Å²) >= 11 is 1.39. The van der Waals surface area contributed by atoms with Crippen LogP contribution in [-0.4, -0.2) is 41.8 Å². The molecule has 0 spiro atoms. The van der Waals surface area contributed by atoms with Crippen molar-refractivity contribution in [1.82, 2.24) is 4.98 Å². The maximum atomic E-state index is 12.5. The Hall–Kier alpha value is -0.730. The Kier molecular flexibility index (Phi) is 5.69. The van der Waals surface area contributed by atoms with Gasteiger partial charge < -0.3 is 9.84 Å². The standard InChI is InChI=1S/C11H15F4NO2S/c1-6-7(2)19-9(16-6)3-8(17)4-18-5-11(14,15)10(12)13/h8,10,17H,3-5H2,1-2H3. The van der Waals surface area contributed by atoms with Crippen LogP contribution in [0.5, 0.6) is 0 Å². The Labute approximate surface area is 112 Å². The van der Waals surface area contributed by atoms with Gasteiger partial charge in [0.05, 0.1) is 23.4 Å². The number of rotatable bonds is 7. The molecule has 1 atom stereocenters. The Bertz CT molecular complexity index is 392. The van der Waals surface area contributed by atoms with Crippen LogP contribution in [-0.2, 0) is 11.2 Å². The van der Waals surface area contributed by atoms with E-state index in [9.17, 15) is 22.7 Å². The molecule has 0 amide bonds. The maximum Gasteiger partial charge on any atom is 0.330 e. The summed E-state index contributed by atoms with van der Waals surface area (Å²) in [4.78, 5) is 5.18. The lowest BCUT2D eigenvalue weighted by Crippen LogP contribution is -2.34. The first kappa shape index (κ1) is 16.3. The summed E-state index contributed by atoms with van der Waals surface area (Å²) in [7, 11) is 0. The number of aromatic nitrogens is 1. The molecule has 0 fully saturated rings. The Balaban J connectivity index is 2.34. The molecule has 1 aromatic heterocycles. The number of thiazole rings is 1. The zero-order valence-corrected chi connectivity index (χ0v) is 11.3. The topological polar surface area (TPSA) is 42.4 Å². The van der Waals surface area contributed by atoms with Gasteiger partial charge in [-0.25, -0.2) is 13.8 Å². The number of nitrogens with zero attached hydrogens (tertiary/aromatic N) is 1. The summed E-state index contributed by atoms with van der Waals surface area (Å²) in [6.45, 7) is 1.86. The maximum absolute atomic E-state index is 12.5. The molecule has 0 radical (unpaired) electrons. The van der Waals surface area contributed by atoms with Crippen molar-refractivity contribution in [2.45, 2.75) is 38.7 Å². The molecule has 0 aromatic carbocycles. The second-order valence-corrected chi connectivity index (χ2v) is 5.47. The molecular weight excluding hydrogens is 286 g/mol. The average Bonchev–Trinajstić information content (AvgIpc) is 2.57. The van der Waals surface area contributed by atoms with Crippen molar-refractivity contribution in [2.75, 3.05) is 13.2 Å². The monoisotopic (exact) mass is 301 g/mol. The van der Waals surface area contributed by atoms with E-state index in [1.54, 1.807) is 0 Å². The van der Waals surface area contributed by atoms with E-state index in [4.69, 9.17) is 0 Å². The fourth-order valence-corrected chi connectivity index (χ4v) is 2.29. The first-order chi connectivity index (χ1) is 8.72. The van der Waals surface area contributed by atoms with Crippen LogP contribution in [0.4, 0.5) is 17.6 Å². The minimum atomic E-state index is -4.19. The normalized spacial score (nSPS) is 14.1. The molecule has 1 rings (SSSR count). The third kappa shape index (κ3) is 5.04. The molecule has 1 heterocycles. The van der Waals surface area contributed by atoms with Gasteiger partial charge in [0.25, 0.3) is 0 Å². The summed E-state index contributed by atoms with van der Waals surface area (Å²) in [5.41, 5.74) is 0.845. The number of aryl methyl sites for hydroxylation is 2. The molecule has 3 nitrogen and oxygen atoms in total.